The zero-order chi connectivity index (χ0) is 17.0. The van der Waals surface area contributed by atoms with Gasteiger partial charge in [-0.3, -0.25) is 10.1 Å². The lowest BCUT2D eigenvalue weighted by Gasteiger charge is -2.25. The first-order chi connectivity index (χ1) is 10.8. The molecule has 1 aliphatic heterocycles. The molecule has 0 spiro atoms. The van der Waals surface area contributed by atoms with Crippen LogP contribution in [0, 0.1) is 5.92 Å². The van der Waals surface area contributed by atoms with Gasteiger partial charge in [-0.25, -0.2) is 4.79 Å². The molecular weight excluding hydrogens is 298 g/mol. The maximum Gasteiger partial charge on any atom is 0.412 e. The third kappa shape index (κ3) is 5.16. The molecule has 0 saturated carbocycles. The third-order valence-corrected chi connectivity index (χ3v) is 3.37. The number of rotatable bonds is 3. The Bertz CT molecular complexity index is 591. The molecule has 1 atom stereocenters. The van der Waals surface area contributed by atoms with Crippen molar-refractivity contribution in [1.29, 1.82) is 0 Å². The minimum atomic E-state index is -0.549. The average molecular weight is 321 g/mol. The summed E-state index contributed by atoms with van der Waals surface area (Å²) in [5.74, 6) is 0.609. The average Bonchev–Trinajstić information content (AvgIpc) is 2.44. The molecule has 0 aromatic heterocycles. The van der Waals surface area contributed by atoms with E-state index < -0.39 is 11.7 Å². The van der Waals surface area contributed by atoms with Gasteiger partial charge in [0.15, 0.2) is 0 Å². The maximum atomic E-state index is 11.8. The van der Waals surface area contributed by atoms with Crippen LogP contribution in [0.15, 0.2) is 18.2 Å². The van der Waals surface area contributed by atoms with Gasteiger partial charge in [-0.2, -0.15) is 0 Å². The number of carbonyl (C=O) groups is 2. The normalized spacial score (nSPS) is 16.8. The van der Waals surface area contributed by atoms with Gasteiger partial charge >= 0.3 is 12.1 Å². The highest BCUT2D eigenvalue weighted by Crippen LogP contribution is 2.31. The number of fused-ring (bicyclic) bond motifs is 1. The Balaban J connectivity index is 2.03. The van der Waals surface area contributed by atoms with E-state index in [9.17, 15) is 9.59 Å². The minimum absolute atomic E-state index is 0.0757. The molecule has 1 unspecified atom stereocenters. The Morgan fingerprint density at radius 3 is 2.74 bits per heavy atom. The van der Waals surface area contributed by atoms with Crippen molar-refractivity contribution < 1.29 is 23.8 Å². The van der Waals surface area contributed by atoms with E-state index in [4.69, 9.17) is 14.2 Å². The van der Waals surface area contributed by atoms with Crippen LogP contribution in [0.1, 0.15) is 32.8 Å². The van der Waals surface area contributed by atoms with Crippen molar-refractivity contribution in [2.45, 2.75) is 39.2 Å². The molecule has 0 saturated heterocycles. The van der Waals surface area contributed by atoms with Gasteiger partial charge in [-0.05, 0) is 51.0 Å². The molecule has 23 heavy (non-hydrogen) atoms. The zero-order valence-electron chi connectivity index (χ0n) is 14.0. The Morgan fingerprint density at radius 2 is 2.09 bits per heavy atom. The molecule has 1 aromatic carbocycles. The van der Waals surface area contributed by atoms with Gasteiger partial charge in [0.05, 0.1) is 20.1 Å². The maximum absolute atomic E-state index is 11.8. The molecule has 1 aromatic rings. The summed E-state index contributed by atoms with van der Waals surface area (Å²) in [5.41, 5.74) is 1.05. The fraction of sp³-hybridized carbons (Fsp3) is 0.529. The number of nitrogens with one attached hydrogen (secondary N) is 1. The standard InChI is InChI=1S/C17H23NO5/c1-17(2,3)23-16(20)18-13-5-6-14-12(9-13)7-11(10-22-14)8-15(19)21-4/h5-6,9,11H,7-8,10H2,1-4H3,(H,18,20). The predicted octanol–water partition coefficient (Wildman–Crippen LogP) is 3.15. The quantitative estimate of drug-likeness (QED) is 0.866. The van der Waals surface area contributed by atoms with Crippen LogP contribution in [0.25, 0.3) is 0 Å². The molecule has 0 fully saturated rings. The Hall–Kier alpha value is -2.24. The molecule has 0 bridgehead atoms. The fourth-order valence-electron chi connectivity index (χ4n) is 2.41. The van der Waals surface area contributed by atoms with E-state index in [0.717, 1.165) is 11.3 Å². The lowest BCUT2D eigenvalue weighted by atomic mass is 9.94. The van der Waals surface area contributed by atoms with E-state index in [1.165, 1.54) is 7.11 Å². The van der Waals surface area contributed by atoms with Gasteiger partial charge in [0, 0.05) is 11.6 Å². The molecule has 1 aliphatic rings. The summed E-state index contributed by atoms with van der Waals surface area (Å²) in [6.45, 7) is 5.92. The fourth-order valence-corrected chi connectivity index (χ4v) is 2.41. The zero-order valence-corrected chi connectivity index (χ0v) is 14.0. The summed E-state index contributed by atoms with van der Waals surface area (Å²) in [5, 5.41) is 2.71. The summed E-state index contributed by atoms with van der Waals surface area (Å²) >= 11 is 0. The van der Waals surface area contributed by atoms with Crippen molar-refractivity contribution in [2.24, 2.45) is 5.92 Å². The number of anilines is 1. The van der Waals surface area contributed by atoms with Crippen LogP contribution in [0.5, 0.6) is 5.75 Å². The smallest absolute Gasteiger partial charge is 0.412 e. The van der Waals surface area contributed by atoms with Crippen molar-refractivity contribution in [3.8, 4) is 5.75 Å². The van der Waals surface area contributed by atoms with Crippen molar-refractivity contribution in [3.05, 3.63) is 23.8 Å². The highest BCUT2D eigenvalue weighted by atomic mass is 16.6. The van der Waals surface area contributed by atoms with Crippen LogP contribution in [0.4, 0.5) is 10.5 Å². The van der Waals surface area contributed by atoms with Crippen LogP contribution in [0.2, 0.25) is 0 Å². The predicted molar refractivity (Wildman–Crippen MR) is 85.6 cm³/mol. The first kappa shape index (κ1) is 17.1. The number of hydrogen-bond acceptors (Lipinski definition) is 5. The topological polar surface area (TPSA) is 73.9 Å². The van der Waals surface area contributed by atoms with Gasteiger partial charge in [0.1, 0.15) is 11.4 Å². The number of amides is 1. The highest BCUT2D eigenvalue weighted by Gasteiger charge is 2.23. The Morgan fingerprint density at radius 1 is 1.35 bits per heavy atom. The molecule has 6 nitrogen and oxygen atoms in total. The molecular formula is C17H23NO5. The first-order valence-corrected chi connectivity index (χ1v) is 7.59. The van der Waals surface area contributed by atoms with E-state index in [-0.39, 0.29) is 11.9 Å². The molecule has 0 aliphatic carbocycles. The molecule has 2 rings (SSSR count). The van der Waals surface area contributed by atoms with Gasteiger partial charge in [0.2, 0.25) is 0 Å². The monoisotopic (exact) mass is 321 g/mol. The molecule has 126 valence electrons. The van der Waals surface area contributed by atoms with E-state index in [0.29, 0.717) is 25.1 Å². The molecule has 1 heterocycles. The van der Waals surface area contributed by atoms with E-state index in [1.807, 2.05) is 32.9 Å². The SMILES string of the molecule is COC(=O)CC1COc2ccc(NC(=O)OC(C)(C)C)cc2C1. The molecule has 1 amide bonds. The van der Waals surface area contributed by atoms with Crippen LogP contribution in [-0.4, -0.2) is 31.4 Å². The summed E-state index contributed by atoms with van der Waals surface area (Å²) < 4.78 is 15.6. The lowest BCUT2D eigenvalue weighted by Crippen LogP contribution is -2.27. The second-order valence-electron chi connectivity index (χ2n) is 6.61. The lowest BCUT2D eigenvalue weighted by molar-refractivity contribution is -0.142. The number of esters is 1. The molecule has 0 radical (unpaired) electrons. The van der Waals surface area contributed by atoms with E-state index in [2.05, 4.69) is 5.32 Å². The second-order valence-corrected chi connectivity index (χ2v) is 6.61. The van der Waals surface area contributed by atoms with Crippen LogP contribution >= 0.6 is 0 Å². The number of carbonyl (C=O) groups excluding carboxylic acids is 2. The number of methoxy groups -OCH3 is 1. The van der Waals surface area contributed by atoms with Crippen molar-refractivity contribution >= 4 is 17.7 Å². The minimum Gasteiger partial charge on any atom is -0.493 e. The van der Waals surface area contributed by atoms with Gasteiger partial charge < -0.3 is 14.2 Å². The van der Waals surface area contributed by atoms with Crippen LogP contribution < -0.4 is 10.1 Å². The van der Waals surface area contributed by atoms with Gasteiger partial charge in [0.25, 0.3) is 0 Å². The van der Waals surface area contributed by atoms with Crippen molar-refractivity contribution in [1.82, 2.24) is 0 Å². The van der Waals surface area contributed by atoms with Crippen LogP contribution in [-0.2, 0) is 20.7 Å². The number of benzene rings is 1. The van der Waals surface area contributed by atoms with Gasteiger partial charge in [-0.1, -0.05) is 0 Å². The summed E-state index contributed by atoms with van der Waals surface area (Å²) in [6, 6.07) is 5.43. The Labute approximate surface area is 136 Å². The number of hydrogen-bond donors (Lipinski definition) is 1. The van der Waals surface area contributed by atoms with Crippen molar-refractivity contribution in [2.75, 3.05) is 19.0 Å². The highest BCUT2D eigenvalue weighted by molar-refractivity contribution is 5.85. The van der Waals surface area contributed by atoms with Crippen molar-refractivity contribution in [3.63, 3.8) is 0 Å². The van der Waals surface area contributed by atoms with Gasteiger partial charge in [-0.15, -0.1) is 0 Å². The van der Waals surface area contributed by atoms with Crippen LogP contribution in [0.3, 0.4) is 0 Å². The summed E-state index contributed by atoms with van der Waals surface area (Å²) in [7, 11) is 1.38. The third-order valence-electron chi connectivity index (χ3n) is 3.37. The Kier molecular flexibility index (Phi) is 5.13. The summed E-state index contributed by atoms with van der Waals surface area (Å²) in [6.07, 6.45) is 0.522. The second kappa shape index (κ2) is 6.89. The number of ether oxygens (including phenoxy) is 3. The molecule has 6 heteroatoms. The largest absolute Gasteiger partial charge is 0.493 e. The molecule has 1 N–H and O–H groups in total. The van der Waals surface area contributed by atoms with E-state index >= 15 is 0 Å². The summed E-state index contributed by atoms with van der Waals surface area (Å²) in [4.78, 5) is 23.2. The van der Waals surface area contributed by atoms with E-state index in [1.54, 1.807) is 6.07 Å². The first-order valence-electron chi connectivity index (χ1n) is 7.59.